The summed E-state index contributed by atoms with van der Waals surface area (Å²) in [4.78, 5) is 2.00. The van der Waals surface area contributed by atoms with Crippen molar-refractivity contribution in [2.75, 3.05) is 20.1 Å². The molecule has 0 amide bonds. The average molecular weight is 214 g/mol. The molecule has 15 heavy (non-hydrogen) atoms. The van der Waals surface area contributed by atoms with E-state index < -0.39 is 6.43 Å². The first-order valence-electron chi connectivity index (χ1n) is 4.89. The summed E-state index contributed by atoms with van der Waals surface area (Å²) in [5, 5.41) is 0. The lowest BCUT2D eigenvalue weighted by atomic mass is 10.1. The number of hydrogen-bond acceptors (Lipinski definition) is 2. The first-order chi connectivity index (χ1) is 7.13. The minimum absolute atomic E-state index is 0.0775. The number of nitrogens with zero attached hydrogens (tertiary/aromatic N) is 1. The maximum absolute atomic E-state index is 12.4. The standard InChI is InChI=1S/C11H16F2N2/c1-15(6-5-14)8-9-3-2-4-10(7-9)11(12)13/h2-4,7,11H,5-6,8,14H2,1H3. The van der Waals surface area contributed by atoms with Crippen molar-refractivity contribution < 1.29 is 8.78 Å². The van der Waals surface area contributed by atoms with Gasteiger partial charge < -0.3 is 10.6 Å². The largest absolute Gasteiger partial charge is 0.329 e. The van der Waals surface area contributed by atoms with E-state index in [1.165, 1.54) is 12.1 Å². The number of benzene rings is 1. The summed E-state index contributed by atoms with van der Waals surface area (Å²) in [5.41, 5.74) is 6.37. The Bertz CT molecular complexity index is 302. The van der Waals surface area contributed by atoms with Crippen LogP contribution in [0, 0.1) is 0 Å². The molecule has 0 saturated carbocycles. The Morgan fingerprint density at radius 3 is 2.73 bits per heavy atom. The van der Waals surface area contributed by atoms with Crippen molar-refractivity contribution in [3.8, 4) is 0 Å². The zero-order chi connectivity index (χ0) is 11.3. The van der Waals surface area contributed by atoms with Crippen molar-refractivity contribution >= 4 is 0 Å². The molecule has 0 heterocycles. The number of hydrogen-bond donors (Lipinski definition) is 1. The summed E-state index contributed by atoms with van der Waals surface area (Å²) in [5.74, 6) is 0. The molecular weight excluding hydrogens is 198 g/mol. The third kappa shape index (κ3) is 3.93. The van der Waals surface area contributed by atoms with Gasteiger partial charge in [0.05, 0.1) is 0 Å². The molecule has 0 radical (unpaired) electrons. The van der Waals surface area contributed by atoms with Gasteiger partial charge in [0, 0.05) is 25.2 Å². The molecular formula is C11H16F2N2. The molecule has 1 rings (SSSR count). The molecule has 1 aromatic rings. The number of halogens is 2. The van der Waals surface area contributed by atoms with Crippen LogP contribution in [0.3, 0.4) is 0 Å². The van der Waals surface area contributed by atoms with E-state index in [1.807, 2.05) is 18.0 Å². The second-order valence-electron chi connectivity index (χ2n) is 3.57. The number of rotatable bonds is 5. The SMILES string of the molecule is CN(CCN)Cc1cccc(C(F)F)c1. The van der Waals surface area contributed by atoms with Gasteiger partial charge in [0.1, 0.15) is 0 Å². The van der Waals surface area contributed by atoms with Crippen LogP contribution >= 0.6 is 0 Å². The zero-order valence-corrected chi connectivity index (χ0v) is 8.79. The predicted octanol–water partition coefficient (Wildman–Crippen LogP) is 2.01. The quantitative estimate of drug-likeness (QED) is 0.812. The molecule has 0 atom stereocenters. The van der Waals surface area contributed by atoms with Crippen LogP contribution in [0.5, 0.6) is 0 Å². The van der Waals surface area contributed by atoms with Crippen molar-refractivity contribution in [1.29, 1.82) is 0 Å². The minimum Gasteiger partial charge on any atom is -0.329 e. The highest BCUT2D eigenvalue weighted by atomic mass is 19.3. The lowest BCUT2D eigenvalue weighted by molar-refractivity contribution is 0.151. The van der Waals surface area contributed by atoms with Crippen molar-refractivity contribution in [3.63, 3.8) is 0 Å². The lowest BCUT2D eigenvalue weighted by Gasteiger charge is -2.15. The summed E-state index contributed by atoms with van der Waals surface area (Å²) in [7, 11) is 1.92. The highest BCUT2D eigenvalue weighted by molar-refractivity contribution is 5.24. The Labute approximate surface area is 88.7 Å². The Balaban J connectivity index is 2.65. The lowest BCUT2D eigenvalue weighted by Crippen LogP contribution is -2.24. The van der Waals surface area contributed by atoms with E-state index >= 15 is 0 Å². The molecule has 2 nitrogen and oxygen atoms in total. The second-order valence-corrected chi connectivity index (χ2v) is 3.57. The molecule has 84 valence electrons. The third-order valence-corrected chi connectivity index (χ3v) is 2.17. The number of likely N-dealkylation sites (N-methyl/N-ethyl adjacent to an activating group) is 1. The highest BCUT2D eigenvalue weighted by Crippen LogP contribution is 2.19. The van der Waals surface area contributed by atoms with Gasteiger partial charge >= 0.3 is 0 Å². The van der Waals surface area contributed by atoms with E-state index in [1.54, 1.807) is 6.07 Å². The maximum atomic E-state index is 12.4. The molecule has 2 N–H and O–H groups in total. The number of alkyl halides is 2. The van der Waals surface area contributed by atoms with Gasteiger partial charge in [-0.25, -0.2) is 8.78 Å². The first kappa shape index (κ1) is 12.1. The van der Waals surface area contributed by atoms with E-state index in [0.717, 1.165) is 12.1 Å². The van der Waals surface area contributed by atoms with Crippen LogP contribution in [0.4, 0.5) is 8.78 Å². The van der Waals surface area contributed by atoms with Gasteiger partial charge in [0.25, 0.3) is 6.43 Å². The normalized spacial score (nSPS) is 11.3. The van der Waals surface area contributed by atoms with Gasteiger partial charge in [-0.05, 0) is 18.7 Å². The average Bonchev–Trinajstić information content (AvgIpc) is 2.18. The topological polar surface area (TPSA) is 29.3 Å². The van der Waals surface area contributed by atoms with E-state index in [-0.39, 0.29) is 5.56 Å². The molecule has 0 saturated heterocycles. The summed E-state index contributed by atoms with van der Waals surface area (Å²) in [6, 6.07) is 6.49. The monoisotopic (exact) mass is 214 g/mol. The smallest absolute Gasteiger partial charge is 0.263 e. The van der Waals surface area contributed by atoms with E-state index in [2.05, 4.69) is 0 Å². The molecule has 4 heteroatoms. The van der Waals surface area contributed by atoms with Gasteiger partial charge in [-0.1, -0.05) is 18.2 Å². The van der Waals surface area contributed by atoms with Crippen LogP contribution in [0.15, 0.2) is 24.3 Å². The molecule has 0 fully saturated rings. The number of nitrogens with two attached hydrogens (primary N) is 1. The minimum atomic E-state index is -2.40. The first-order valence-corrected chi connectivity index (χ1v) is 4.89. The zero-order valence-electron chi connectivity index (χ0n) is 8.79. The molecule has 0 bridgehead atoms. The van der Waals surface area contributed by atoms with Crippen molar-refractivity contribution in [2.45, 2.75) is 13.0 Å². The van der Waals surface area contributed by atoms with E-state index in [9.17, 15) is 8.78 Å². The third-order valence-electron chi connectivity index (χ3n) is 2.17. The molecule has 0 aliphatic heterocycles. The molecule has 0 aliphatic carbocycles. The van der Waals surface area contributed by atoms with Crippen LogP contribution in [-0.4, -0.2) is 25.0 Å². The van der Waals surface area contributed by atoms with Crippen LogP contribution in [0.1, 0.15) is 17.6 Å². The molecule has 0 aromatic heterocycles. The van der Waals surface area contributed by atoms with Gasteiger partial charge in [-0.2, -0.15) is 0 Å². The Morgan fingerprint density at radius 2 is 2.13 bits per heavy atom. The van der Waals surface area contributed by atoms with Gasteiger partial charge in [-0.3, -0.25) is 0 Å². The summed E-state index contributed by atoms with van der Waals surface area (Å²) < 4.78 is 24.8. The summed E-state index contributed by atoms with van der Waals surface area (Å²) in [6.07, 6.45) is -2.40. The predicted molar refractivity (Wildman–Crippen MR) is 56.8 cm³/mol. The van der Waals surface area contributed by atoms with E-state index in [0.29, 0.717) is 13.1 Å². The summed E-state index contributed by atoms with van der Waals surface area (Å²) in [6.45, 7) is 1.99. The van der Waals surface area contributed by atoms with Crippen LogP contribution in [0.2, 0.25) is 0 Å². The fourth-order valence-corrected chi connectivity index (χ4v) is 1.44. The van der Waals surface area contributed by atoms with Gasteiger partial charge in [0.15, 0.2) is 0 Å². The Kier molecular flexibility index (Phi) is 4.65. The van der Waals surface area contributed by atoms with Gasteiger partial charge in [0.2, 0.25) is 0 Å². The molecule has 1 aromatic carbocycles. The molecule has 0 unspecified atom stereocenters. The second kappa shape index (κ2) is 5.78. The van der Waals surface area contributed by atoms with Crippen LogP contribution in [-0.2, 0) is 6.54 Å². The summed E-state index contributed by atoms with van der Waals surface area (Å²) >= 11 is 0. The Morgan fingerprint density at radius 1 is 1.40 bits per heavy atom. The van der Waals surface area contributed by atoms with Crippen molar-refractivity contribution in [2.24, 2.45) is 5.73 Å². The van der Waals surface area contributed by atoms with Crippen LogP contribution in [0.25, 0.3) is 0 Å². The fourth-order valence-electron chi connectivity index (χ4n) is 1.44. The van der Waals surface area contributed by atoms with Crippen molar-refractivity contribution in [1.82, 2.24) is 4.90 Å². The maximum Gasteiger partial charge on any atom is 0.263 e. The van der Waals surface area contributed by atoms with Crippen molar-refractivity contribution in [3.05, 3.63) is 35.4 Å². The van der Waals surface area contributed by atoms with E-state index in [4.69, 9.17) is 5.73 Å². The Hall–Kier alpha value is -1.00. The molecule has 0 aliphatic rings. The van der Waals surface area contributed by atoms with Crippen LogP contribution < -0.4 is 5.73 Å². The molecule has 0 spiro atoms. The fraction of sp³-hybridized carbons (Fsp3) is 0.455. The highest BCUT2D eigenvalue weighted by Gasteiger charge is 2.07. The van der Waals surface area contributed by atoms with Gasteiger partial charge in [-0.15, -0.1) is 0 Å².